The summed E-state index contributed by atoms with van der Waals surface area (Å²) in [5, 5.41) is 0. The summed E-state index contributed by atoms with van der Waals surface area (Å²) < 4.78 is 5.98. The van der Waals surface area contributed by atoms with Crippen molar-refractivity contribution in [3.8, 4) is 0 Å². The highest BCUT2D eigenvalue weighted by Gasteiger charge is 2.26. The number of benzene rings is 1. The van der Waals surface area contributed by atoms with Gasteiger partial charge in [0.25, 0.3) is 0 Å². The molecular weight excluding hydrogens is 316 g/mol. The average molecular weight is 344 g/mol. The molecule has 5 nitrogen and oxygen atoms in total. The summed E-state index contributed by atoms with van der Waals surface area (Å²) >= 11 is 0. The Hall–Kier alpha value is -1.88. The van der Waals surface area contributed by atoms with Crippen LogP contribution >= 0.6 is 0 Å². The van der Waals surface area contributed by atoms with Crippen LogP contribution in [0.25, 0.3) is 0 Å². The Labute approximate surface area is 149 Å². The lowest BCUT2D eigenvalue weighted by atomic mass is 10.1. The van der Waals surface area contributed by atoms with Gasteiger partial charge in [0, 0.05) is 26.1 Å². The molecule has 136 valence electrons. The van der Waals surface area contributed by atoms with Crippen molar-refractivity contribution in [2.24, 2.45) is 0 Å². The standard InChI is InChI=1S/C20H28N2O3/c23-19-9-5-2-6-12-22(19)15-20(24)21-13-10-18(11-14-21)25-16-17-7-3-1-4-8-17/h1,3-4,7-8,18H,2,5-6,9-16H2. The quantitative estimate of drug-likeness (QED) is 0.825. The Kier molecular flexibility index (Phi) is 6.45. The molecule has 2 aliphatic heterocycles. The lowest BCUT2D eigenvalue weighted by molar-refractivity contribution is -0.141. The summed E-state index contributed by atoms with van der Waals surface area (Å²) in [6, 6.07) is 10.2. The molecule has 0 radical (unpaired) electrons. The van der Waals surface area contributed by atoms with Crippen LogP contribution in [0.5, 0.6) is 0 Å². The van der Waals surface area contributed by atoms with Gasteiger partial charge in [-0.25, -0.2) is 0 Å². The van der Waals surface area contributed by atoms with Crippen molar-refractivity contribution >= 4 is 11.8 Å². The van der Waals surface area contributed by atoms with Crippen LogP contribution in [0.1, 0.15) is 44.1 Å². The van der Waals surface area contributed by atoms with Crippen LogP contribution in [0.2, 0.25) is 0 Å². The number of likely N-dealkylation sites (tertiary alicyclic amines) is 2. The second-order valence-corrected chi connectivity index (χ2v) is 7.00. The second-order valence-electron chi connectivity index (χ2n) is 7.00. The molecule has 0 aromatic heterocycles. The van der Waals surface area contributed by atoms with Crippen LogP contribution < -0.4 is 0 Å². The highest BCUT2D eigenvalue weighted by molar-refractivity contribution is 5.85. The normalized spacial score (nSPS) is 19.8. The smallest absolute Gasteiger partial charge is 0.242 e. The molecule has 25 heavy (non-hydrogen) atoms. The van der Waals surface area contributed by atoms with Gasteiger partial charge in [0.05, 0.1) is 19.3 Å². The highest BCUT2D eigenvalue weighted by Crippen LogP contribution is 2.17. The maximum absolute atomic E-state index is 12.5. The molecule has 2 aliphatic rings. The summed E-state index contributed by atoms with van der Waals surface area (Å²) in [6.45, 7) is 3.04. The third-order valence-electron chi connectivity index (χ3n) is 5.12. The number of rotatable bonds is 5. The monoisotopic (exact) mass is 344 g/mol. The summed E-state index contributed by atoms with van der Waals surface area (Å²) in [6.07, 6.45) is 5.58. The van der Waals surface area contributed by atoms with E-state index in [1.54, 1.807) is 4.90 Å². The maximum atomic E-state index is 12.5. The molecule has 1 aromatic rings. The minimum absolute atomic E-state index is 0.0803. The number of piperidine rings is 1. The topological polar surface area (TPSA) is 49.9 Å². The van der Waals surface area contributed by atoms with Crippen LogP contribution in [0.15, 0.2) is 30.3 Å². The Morgan fingerprint density at radius 1 is 1.04 bits per heavy atom. The van der Waals surface area contributed by atoms with Crippen molar-refractivity contribution in [1.82, 2.24) is 9.80 Å². The van der Waals surface area contributed by atoms with Gasteiger partial charge in [-0.1, -0.05) is 36.8 Å². The molecule has 2 heterocycles. The zero-order valence-electron chi connectivity index (χ0n) is 14.9. The Bertz CT molecular complexity index is 568. The predicted molar refractivity (Wildman–Crippen MR) is 95.9 cm³/mol. The number of carbonyl (C=O) groups is 2. The van der Waals surface area contributed by atoms with E-state index in [2.05, 4.69) is 12.1 Å². The highest BCUT2D eigenvalue weighted by atomic mass is 16.5. The van der Waals surface area contributed by atoms with Gasteiger partial charge in [0.2, 0.25) is 11.8 Å². The molecule has 3 rings (SSSR count). The number of carbonyl (C=O) groups excluding carboxylic acids is 2. The summed E-state index contributed by atoms with van der Waals surface area (Å²) in [4.78, 5) is 28.2. The van der Waals surface area contributed by atoms with Gasteiger partial charge in [0.1, 0.15) is 0 Å². The molecule has 0 spiro atoms. The molecule has 0 N–H and O–H groups in total. The van der Waals surface area contributed by atoms with E-state index >= 15 is 0 Å². The fourth-order valence-electron chi connectivity index (χ4n) is 3.53. The number of ether oxygens (including phenoxy) is 1. The number of hydrogen-bond donors (Lipinski definition) is 0. The zero-order chi connectivity index (χ0) is 17.5. The van der Waals surface area contributed by atoms with E-state index in [-0.39, 0.29) is 24.5 Å². The van der Waals surface area contributed by atoms with Gasteiger partial charge < -0.3 is 14.5 Å². The molecule has 2 fully saturated rings. The van der Waals surface area contributed by atoms with Crippen LogP contribution in [0, 0.1) is 0 Å². The third kappa shape index (κ3) is 5.30. The van der Waals surface area contributed by atoms with E-state index in [1.165, 1.54) is 5.56 Å². The van der Waals surface area contributed by atoms with Gasteiger partial charge in [-0.05, 0) is 31.2 Å². The van der Waals surface area contributed by atoms with Crippen LogP contribution in [-0.4, -0.2) is 53.9 Å². The first kappa shape index (κ1) is 17.9. The van der Waals surface area contributed by atoms with E-state index in [4.69, 9.17) is 4.74 Å². The SMILES string of the molecule is O=C(CN1CCCCCC1=O)N1CCC(OCc2ccccc2)CC1. The summed E-state index contributed by atoms with van der Waals surface area (Å²) in [7, 11) is 0. The van der Waals surface area contributed by atoms with Crippen molar-refractivity contribution in [2.75, 3.05) is 26.2 Å². The number of amides is 2. The first-order chi connectivity index (χ1) is 12.2. The van der Waals surface area contributed by atoms with Crippen molar-refractivity contribution in [3.05, 3.63) is 35.9 Å². The fraction of sp³-hybridized carbons (Fsp3) is 0.600. The second kappa shape index (κ2) is 8.99. The van der Waals surface area contributed by atoms with E-state index in [0.29, 0.717) is 13.0 Å². The molecular formula is C20H28N2O3. The van der Waals surface area contributed by atoms with Crippen LogP contribution in [0.4, 0.5) is 0 Å². The van der Waals surface area contributed by atoms with Crippen LogP contribution in [-0.2, 0) is 20.9 Å². The Morgan fingerprint density at radius 2 is 1.80 bits per heavy atom. The summed E-state index contributed by atoms with van der Waals surface area (Å²) in [5.41, 5.74) is 1.18. The van der Waals surface area contributed by atoms with E-state index < -0.39 is 0 Å². The lowest BCUT2D eigenvalue weighted by Gasteiger charge is -2.33. The van der Waals surface area contributed by atoms with Crippen molar-refractivity contribution in [2.45, 2.75) is 51.2 Å². The number of hydrogen-bond acceptors (Lipinski definition) is 3. The van der Waals surface area contributed by atoms with E-state index in [1.807, 2.05) is 23.1 Å². The van der Waals surface area contributed by atoms with Gasteiger partial charge in [0.15, 0.2) is 0 Å². The first-order valence-electron chi connectivity index (χ1n) is 9.43. The van der Waals surface area contributed by atoms with Gasteiger partial charge in [-0.15, -0.1) is 0 Å². The van der Waals surface area contributed by atoms with Crippen molar-refractivity contribution in [3.63, 3.8) is 0 Å². The molecule has 0 bridgehead atoms. The minimum Gasteiger partial charge on any atom is -0.373 e. The Morgan fingerprint density at radius 3 is 2.56 bits per heavy atom. The minimum atomic E-state index is 0.0803. The molecule has 0 unspecified atom stereocenters. The van der Waals surface area contributed by atoms with E-state index in [9.17, 15) is 9.59 Å². The fourth-order valence-corrected chi connectivity index (χ4v) is 3.53. The van der Waals surface area contributed by atoms with E-state index in [0.717, 1.165) is 51.7 Å². The largest absolute Gasteiger partial charge is 0.373 e. The molecule has 5 heteroatoms. The molecule has 2 saturated heterocycles. The third-order valence-corrected chi connectivity index (χ3v) is 5.12. The first-order valence-corrected chi connectivity index (χ1v) is 9.43. The molecule has 0 atom stereocenters. The lowest BCUT2D eigenvalue weighted by Crippen LogP contribution is -2.46. The maximum Gasteiger partial charge on any atom is 0.242 e. The molecule has 2 amide bonds. The zero-order valence-corrected chi connectivity index (χ0v) is 14.9. The van der Waals surface area contributed by atoms with Gasteiger partial charge in [-0.3, -0.25) is 9.59 Å². The van der Waals surface area contributed by atoms with Crippen molar-refractivity contribution < 1.29 is 14.3 Å². The molecule has 0 saturated carbocycles. The average Bonchev–Trinajstić information content (AvgIpc) is 2.86. The summed E-state index contributed by atoms with van der Waals surface area (Å²) in [5.74, 6) is 0.212. The molecule has 1 aromatic carbocycles. The molecule has 0 aliphatic carbocycles. The Balaban J connectivity index is 1.40. The van der Waals surface area contributed by atoms with Crippen molar-refractivity contribution in [1.29, 1.82) is 0 Å². The predicted octanol–water partition coefficient (Wildman–Crippen LogP) is 2.60. The number of nitrogens with zero attached hydrogens (tertiary/aromatic N) is 2. The van der Waals surface area contributed by atoms with Crippen LogP contribution in [0.3, 0.4) is 0 Å². The van der Waals surface area contributed by atoms with Gasteiger partial charge in [-0.2, -0.15) is 0 Å². The van der Waals surface area contributed by atoms with Gasteiger partial charge >= 0.3 is 0 Å².